The van der Waals surface area contributed by atoms with Gasteiger partial charge in [0, 0.05) is 32.0 Å². The Hall–Kier alpha value is -3.96. The summed E-state index contributed by atoms with van der Waals surface area (Å²) in [7, 11) is 0. The van der Waals surface area contributed by atoms with Gasteiger partial charge in [-0.2, -0.15) is 0 Å². The van der Waals surface area contributed by atoms with Gasteiger partial charge < -0.3 is 35.1 Å². The molecule has 5 atom stereocenters. The Kier molecular flexibility index (Phi) is 14.0. The number of ether oxygens (including phenoxy) is 3. The summed E-state index contributed by atoms with van der Waals surface area (Å²) in [5.74, 6) is -0.158. The molecule has 3 aromatic rings. The van der Waals surface area contributed by atoms with Gasteiger partial charge in [-0.3, -0.25) is 9.69 Å². The van der Waals surface area contributed by atoms with Gasteiger partial charge >= 0.3 is 6.09 Å². The number of nitrogens with zero attached hydrogens (tertiary/aromatic N) is 1. The number of hydrogen-bond donors (Lipinski definition) is 4. The second-order valence-corrected chi connectivity index (χ2v) is 14.6. The third-order valence-electron chi connectivity index (χ3n) is 10.7. The maximum absolute atomic E-state index is 14.2. The standard InChI is InChI=1S/C42H55N3O7/c46-38(37(27-30-10-4-3-5-11-30)43-42(49)52-35-13-6-1-2-7-14-35)29-33(41(48)44-40-36-15-9-8-12-32(36)28-39(40)47)26-31-16-18-34(19-17-31)51-25-22-45-20-23-50-24-21-45/h3-5,8-12,15-19,33,35,37-40,46-47H,1-2,6-7,13-14,20-29H2,(H,43,49)(H,44,48). The topological polar surface area (TPSA) is 130 Å². The number of benzene rings is 3. The van der Waals surface area contributed by atoms with Crippen LogP contribution in [0.3, 0.4) is 0 Å². The Morgan fingerprint density at radius 2 is 1.56 bits per heavy atom. The maximum atomic E-state index is 14.2. The number of hydrogen-bond acceptors (Lipinski definition) is 8. The molecule has 0 radical (unpaired) electrons. The minimum Gasteiger partial charge on any atom is -0.492 e. The normalized spacial score (nSPS) is 21.3. The molecule has 6 rings (SSSR count). The van der Waals surface area contributed by atoms with Crippen LogP contribution in [0.15, 0.2) is 78.9 Å². The number of nitrogens with one attached hydrogen (secondary N) is 2. The molecule has 1 aliphatic heterocycles. The number of amides is 2. The summed E-state index contributed by atoms with van der Waals surface area (Å²) >= 11 is 0. The van der Waals surface area contributed by atoms with Crippen molar-refractivity contribution in [2.75, 3.05) is 39.5 Å². The molecule has 3 aliphatic rings. The second kappa shape index (κ2) is 19.2. The molecular formula is C42H55N3O7. The molecule has 1 saturated heterocycles. The van der Waals surface area contributed by atoms with Crippen LogP contribution in [-0.2, 0) is 33.5 Å². The summed E-state index contributed by atoms with van der Waals surface area (Å²) in [6.45, 7) is 4.71. The van der Waals surface area contributed by atoms with Crippen LogP contribution in [0.5, 0.6) is 5.75 Å². The van der Waals surface area contributed by atoms with Gasteiger partial charge in [0.15, 0.2) is 0 Å². The Labute approximate surface area is 307 Å². The monoisotopic (exact) mass is 713 g/mol. The number of aliphatic hydroxyl groups excluding tert-OH is 2. The maximum Gasteiger partial charge on any atom is 0.407 e. The van der Waals surface area contributed by atoms with Crippen LogP contribution in [0.4, 0.5) is 4.79 Å². The molecule has 10 heteroatoms. The van der Waals surface area contributed by atoms with Gasteiger partial charge in [-0.1, -0.05) is 79.6 Å². The van der Waals surface area contributed by atoms with E-state index in [0.717, 1.165) is 99.4 Å². The Morgan fingerprint density at radius 3 is 2.31 bits per heavy atom. The SMILES string of the molecule is O=C(NC(Cc1ccccc1)C(O)CC(Cc1ccc(OCCN2CCOCC2)cc1)C(=O)NC1c2ccccc2CC1O)OC1CCCCCC1. The van der Waals surface area contributed by atoms with Crippen molar-refractivity contribution in [3.63, 3.8) is 0 Å². The summed E-state index contributed by atoms with van der Waals surface area (Å²) in [6, 6.07) is 24.0. The lowest BCUT2D eigenvalue weighted by molar-refractivity contribution is -0.127. The van der Waals surface area contributed by atoms with Crippen LogP contribution < -0.4 is 15.4 Å². The van der Waals surface area contributed by atoms with Crippen LogP contribution in [-0.4, -0.2) is 90.9 Å². The smallest absolute Gasteiger partial charge is 0.407 e. The van der Waals surface area contributed by atoms with Gasteiger partial charge in [0.05, 0.1) is 37.5 Å². The lowest BCUT2D eigenvalue weighted by atomic mass is 9.88. The molecule has 1 heterocycles. The number of rotatable bonds is 15. The molecule has 4 N–H and O–H groups in total. The number of carbonyl (C=O) groups excluding carboxylic acids is 2. The van der Waals surface area contributed by atoms with Crippen LogP contribution in [0.25, 0.3) is 0 Å². The van der Waals surface area contributed by atoms with Gasteiger partial charge in [0.2, 0.25) is 5.91 Å². The van der Waals surface area contributed by atoms with Crippen molar-refractivity contribution in [3.05, 3.63) is 101 Å². The Bertz CT molecular complexity index is 1540. The molecule has 280 valence electrons. The van der Waals surface area contributed by atoms with Crippen molar-refractivity contribution in [1.82, 2.24) is 15.5 Å². The number of alkyl carbamates (subject to hydrolysis) is 1. The van der Waals surface area contributed by atoms with Crippen LogP contribution in [0.2, 0.25) is 0 Å². The van der Waals surface area contributed by atoms with Gasteiger partial charge in [0.1, 0.15) is 18.5 Å². The predicted molar refractivity (Wildman–Crippen MR) is 199 cm³/mol. The molecule has 0 bridgehead atoms. The summed E-state index contributed by atoms with van der Waals surface area (Å²) in [5, 5.41) is 28.9. The highest BCUT2D eigenvalue weighted by atomic mass is 16.6. The fraction of sp³-hybridized carbons (Fsp3) is 0.524. The largest absolute Gasteiger partial charge is 0.492 e. The quantitative estimate of drug-likeness (QED) is 0.160. The number of carbonyl (C=O) groups is 2. The fourth-order valence-corrected chi connectivity index (χ4v) is 7.73. The zero-order valence-electron chi connectivity index (χ0n) is 30.2. The third kappa shape index (κ3) is 11.0. The van der Waals surface area contributed by atoms with Crippen LogP contribution >= 0.6 is 0 Å². The van der Waals surface area contributed by atoms with Crippen molar-refractivity contribution >= 4 is 12.0 Å². The predicted octanol–water partition coefficient (Wildman–Crippen LogP) is 5.14. The summed E-state index contributed by atoms with van der Waals surface area (Å²) < 4.78 is 17.3. The number of aliphatic hydroxyl groups is 2. The molecule has 2 amide bonds. The highest BCUT2D eigenvalue weighted by Gasteiger charge is 2.35. The van der Waals surface area contributed by atoms with Crippen molar-refractivity contribution in [1.29, 1.82) is 0 Å². The van der Waals surface area contributed by atoms with Crippen molar-refractivity contribution in [2.45, 2.75) is 94.6 Å². The zero-order chi connectivity index (χ0) is 36.1. The summed E-state index contributed by atoms with van der Waals surface area (Å²) in [6.07, 6.45) is 4.86. The van der Waals surface area contributed by atoms with Gasteiger partial charge in [0.25, 0.3) is 0 Å². The third-order valence-corrected chi connectivity index (χ3v) is 10.7. The molecule has 52 heavy (non-hydrogen) atoms. The highest BCUT2D eigenvalue weighted by molar-refractivity contribution is 5.80. The Balaban J connectivity index is 1.16. The first-order valence-electron chi connectivity index (χ1n) is 19.2. The zero-order valence-corrected chi connectivity index (χ0v) is 30.2. The average Bonchev–Trinajstić information content (AvgIpc) is 3.28. The molecule has 1 saturated carbocycles. The number of fused-ring (bicyclic) bond motifs is 1. The van der Waals surface area contributed by atoms with E-state index in [2.05, 4.69) is 15.5 Å². The van der Waals surface area contributed by atoms with E-state index in [1.165, 1.54) is 0 Å². The summed E-state index contributed by atoms with van der Waals surface area (Å²) in [4.78, 5) is 29.7. The first kappa shape index (κ1) is 37.8. The summed E-state index contributed by atoms with van der Waals surface area (Å²) in [5.41, 5.74) is 3.80. The molecule has 2 fully saturated rings. The van der Waals surface area contributed by atoms with E-state index in [1.807, 2.05) is 78.9 Å². The lowest BCUT2D eigenvalue weighted by Gasteiger charge is -2.29. The van der Waals surface area contributed by atoms with Crippen LogP contribution in [0, 0.1) is 5.92 Å². The van der Waals surface area contributed by atoms with E-state index in [0.29, 0.717) is 25.9 Å². The molecular weight excluding hydrogens is 658 g/mol. The Morgan fingerprint density at radius 1 is 0.865 bits per heavy atom. The van der Waals surface area contributed by atoms with E-state index in [-0.39, 0.29) is 18.4 Å². The fourth-order valence-electron chi connectivity index (χ4n) is 7.73. The molecule has 0 aromatic heterocycles. The minimum absolute atomic E-state index is 0.0926. The van der Waals surface area contributed by atoms with Crippen LogP contribution in [0.1, 0.15) is 73.2 Å². The van der Waals surface area contributed by atoms with Gasteiger partial charge in [-0.25, -0.2) is 4.79 Å². The molecule has 2 aliphatic carbocycles. The highest BCUT2D eigenvalue weighted by Crippen LogP contribution is 2.32. The van der Waals surface area contributed by atoms with Crippen molar-refractivity contribution in [2.24, 2.45) is 5.92 Å². The van der Waals surface area contributed by atoms with E-state index < -0.39 is 36.3 Å². The molecule has 0 spiro atoms. The van der Waals surface area contributed by atoms with Gasteiger partial charge in [-0.05, 0) is 79.3 Å². The van der Waals surface area contributed by atoms with Gasteiger partial charge in [-0.15, -0.1) is 0 Å². The van der Waals surface area contributed by atoms with E-state index in [4.69, 9.17) is 14.2 Å². The first-order chi connectivity index (χ1) is 25.4. The second-order valence-electron chi connectivity index (χ2n) is 14.6. The van der Waals surface area contributed by atoms with Crippen molar-refractivity contribution in [3.8, 4) is 5.75 Å². The molecule has 5 unspecified atom stereocenters. The number of morpholine rings is 1. The lowest BCUT2D eigenvalue weighted by Crippen LogP contribution is -2.48. The minimum atomic E-state index is -1.05. The first-order valence-corrected chi connectivity index (χ1v) is 19.2. The van der Waals surface area contributed by atoms with E-state index in [1.54, 1.807) is 0 Å². The van der Waals surface area contributed by atoms with E-state index >= 15 is 0 Å². The molecule has 10 nitrogen and oxygen atoms in total. The molecule has 3 aromatic carbocycles. The average molecular weight is 714 g/mol. The van der Waals surface area contributed by atoms with Crippen molar-refractivity contribution < 1.29 is 34.0 Å². The van der Waals surface area contributed by atoms with E-state index in [9.17, 15) is 19.8 Å².